The van der Waals surface area contributed by atoms with Crippen molar-refractivity contribution in [1.29, 1.82) is 0 Å². The van der Waals surface area contributed by atoms with E-state index in [0.717, 1.165) is 14.2 Å². The van der Waals surface area contributed by atoms with Crippen molar-refractivity contribution >= 4 is 46.5 Å². The summed E-state index contributed by atoms with van der Waals surface area (Å²) >= 11 is 2.22. The van der Waals surface area contributed by atoms with Crippen molar-refractivity contribution in [3.8, 4) is 5.69 Å². The molecule has 1 N–H and O–H groups in total. The van der Waals surface area contributed by atoms with E-state index in [4.69, 9.17) is 4.42 Å². The Hall–Kier alpha value is -3.14. The summed E-state index contributed by atoms with van der Waals surface area (Å²) < 4.78 is 8.16. The van der Waals surface area contributed by atoms with Crippen LogP contribution in [0.3, 0.4) is 0 Å². The predicted molar refractivity (Wildman–Crippen MR) is 109 cm³/mol. The highest BCUT2D eigenvalue weighted by Crippen LogP contribution is 2.20. The van der Waals surface area contributed by atoms with Crippen LogP contribution in [-0.2, 0) is 16.1 Å². The Balaban J connectivity index is 1.68. The van der Waals surface area contributed by atoms with Crippen molar-refractivity contribution in [3.05, 3.63) is 81.6 Å². The molecule has 0 saturated carbocycles. The number of aromatic nitrogens is 1. The molecule has 7 nitrogen and oxygen atoms in total. The molecule has 140 valence electrons. The van der Waals surface area contributed by atoms with E-state index >= 15 is 0 Å². The largest absolute Gasteiger partial charge is 0.467 e. The van der Waals surface area contributed by atoms with Crippen LogP contribution < -0.4 is 5.32 Å². The highest BCUT2D eigenvalue weighted by atomic mass is 127. The van der Waals surface area contributed by atoms with E-state index in [1.54, 1.807) is 18.2 Å². The average Bonchev–Trinajstić information content (AvgIpc) is 3.35. The molecular formula is C20H14IN3O4. The lowest BCUT2D eigenvalue weighted by atomic mass is 10.1. The van der Waals surface area contributed by atoms with Gasteiger partial charge in [0.25, 0.3) is 11.8 Å². The summed E-state index contributed by atoms with van der Waals surface area (Å²) in [4.78, 5) is 38.2. The van der Waals surface area contributed by atoms with Crippen LogP contribution >= 0.6 is 22.6 Å². The van der Waals surface area contributed by atoms with Gasteiger partial charge in [-0.15, -0.1) is 0 Å². The molecular weight excluding hydrogens is 473 g/mol. The highest BCUT2D eigenvalue weighted by molar-refractivity contribution is 14.1. The van der Waals surface area contributed by atoms with Crippen LogP contribution in [0.1, 0.15) is 11.5 Å². The molecule has 2 aromatic heterocycles. The maximum absolute atomic E-state index is 12.8. The van der Waals surface area contributed by atoms with Crippen LogP contribution in [0.5, 0.6) is 0 Å². The zero-order valence-corrected chi connectivity index (χ0v) is 16.6. The smallest absolute Gasteiger partial charge is 0.331 e. The van der Waals surface area contributed by atoms with Crippen molar-refractivity contribution in [1.82, 2.24) is 14.8 Å². The number of nitrogens with one attached hydrogen (secondary N) is 1. The summed E-state index contributed by atoms with van der Waals surface area (Å²) in [7, 11) is 0. The summed E-state index contributed by atoms with van der Waals surface area (Å²) in [5.41, 5.74) is 1.42. The maximum atomic E-state index is 12.8. The first-order valence-electron chi connectivity index (χ1n) is 8.37. The molecule has 4 amide bonds. The number of carbonyl (C=O) groups excluding carboxylic acids is 3. The van der Waals surface area contributed by atoms with Gasteiger partial charge in [0.15, 0.2) is 0 Å². The first-order valence-corrected chi connectivity index (χ1v) is 9.45. The average molecular weight is 487 g/mol. The van der Waals surface area contributed by atoms with Crippen LogP contribution in [0.25, 0.3) is 11.8 Å². The summed E-state index contributed by atoms with van der Waals surface area (Å²) in [5, 5.41) is 2.21. The Kier molecular flexibility index (Phi) is 4.86. The van der Waals surface area contributed by atoms with E-state index < -0.39 is 17.8 Å². The quantitative estimate of drug-likeness (QED) is 0.348. The molecule has 1 aliphatic heterocycles. The number of halogens is 1. The third kappa shape index (κ3) is 3.50. The first kappa shape index (κ1) is 18.2. The van der Waals surface area contributed by atoms with E-state index in [2.05, 4.69) is 27.9 Å². The Morgan fingerprint density at radius 2 is 1.82 bits per heavy atom. The van der Waals surface area contributed by atoms with Gasteiger partial charge in [-0.25, -0.2) is 4.79 Å². The number of hydrogen-bond donors (Lipinski definition) is 1. The number of carbonyl (C=O) groups is 3. The summed E-state index contributed by atoms with van der Waals surface area (Å²) in [6.45, 7) is -0.0551. The number of amides is 4. The molecule has 3 aromatic rings. The van der Waals surface area contributed by atoms with Gasteiger partial charge < -0.3 is 8.98 Å². The van der Waals surface area contributed by atoms with E-state index in [0.29, 0.717) is 11.5 Å². The molecule has 4 rings (SSSR count). The van der Waals surface area contributed by atoms with Crippen LogP contribution in [-0.4, -0.2) is 27.3 Å². The molecule has 1 aliphatic rings. The van der Waals surface area contributed by atoms with Gasteiger partial charge in [0, 0.05) is 21.1 Å². The fourth-order valence-corrected chi connectivity index (χ4v) is 3.25. The normalized spacial score (nSPS) is 16.0. The van der Waals surface area contributed by atoms with Crippen molar-refractivity contribution in [2.45, 2.75) is 6.54 Å². The lowest BCUT2D eigenvalue weighted by molar-refractivity contribution is -0.130. The van der Waals surface area contributed by atoms with Crippen molar-refractivity contribution in [2.75, 3.05) is 0 Å². The van der Waals surface area contributed by atoms with Gasteiger partial charge in [0.05, 0.1) is 12.8 Å². The first-order chi connectivity index (χ1) is 13.5. The number of urea groups is 1. The van der Waals surface area contributed by atoms with E-state index in [9.17, 15) is 14.4 Å². The summed E-state index contributed by atoms with van der Waals surface area (Å²) in [6.07, 6.45) is 4.78. The molecule has 0 spiro atoms. The monoisotopic (exact) mass is 487 g/mol. The Bertz CT molecular complexity index is 1080. The molecule has 0 unspecified atom stereocenters. The lowest BCUT2D eigenvalue weighted by Crippen LogP contribution is -2.53. The van der Waals surface area contributed by atoms with Gasteiger partial charge in [0.2, 0.25) is 0 Å². The molecule has 0 aliphatic carbocycles. The van der Waals surface area contributed by atoms with Gasteiger partial charge in [-0.3, -0.25) is 19.8 Å². The van der Waals surface area contributed by atoms with E-state index in [1.165, 1.54) is 12.3 Å². The molecule has 0 radical (unpaired) electrons. The minimum atomic E-state index is -0.767. The van der Waals surface area contributed by atoms with Gasteiger partial charge in [-0.2, -0.15) is 0 Å². The second kappa shape index (κ2) is 7.47. The molecule has 1 aromatic carbocycles. The Labute approximate surface area is 173 Å². The molecule has 1 fully saturated rings. The standard InChI is InChI=1S/C20H14IN3O4/c21-13-5-7-14(8-6-13)23-9-1-3-15(23)11-17-18(25)22-20(27)24(19(17)26)12-16-4-2-10-28-16/h1-11H,12H2,(H,22,25,27)/b17-11+. The van der Waals surface area contributed by atoms with Crippen LogP contribution in [0.15, 0.2) is 71.0 Å². The van der Waals surface area contributed by atoms with Gasteiger partial charge in [0.1, 0.15) is 11.3 Å². The second-order valence-electron chi connectivity index (χ2n) is 6.07. The van der Waals surface area contributed by atoms with Crippen LogP contribution in [0.2, 0.25) is 0 Å². The predicted octanol–water partition coefficient (Wildman–Crippen LogP) is 3.34. The third-order valence-electron chi connectivity index (χ3n) is 4.26. The number of barbiturate groups is 1. The van der Waals surface area contributed by atoms with Crippen molar-refractivity contribution in [3.63, 3.8) is 0 Å². The number of hydrogen-bond acceptors (Lipinski definition) is 4. The minimum absolute atomic E-state index is 0.0551. The lowest BCUT2D eigenvalue weighted by Gasteiger charge is -2.25. The number of imide groups is 2. The highest BCUT2D eigenvalue weighted by Gasteiger charge is 2.36. The topological polar surface area (TPSA) is 84.6 Å². The van der Waals surface area contributed by atoms with Gasteiger partial charge in [-0.05, 0) is 77.2 Å². The Morgan fingerprint density at radius 1 is 1.04 bits per heavy atom. The van der Waals surface area contributed by atoms with Crippen molar-refractivity contribution in [2.24, 2.45) is 0 Å². The fourth-order valence-electron chi connectivity index (χ4n) is 2.89. The number of benzene rings is 1. The summed E-state index contributed by atoms with van der Waals surface area (Å²) in [6, 6.07) is 14.0. The van der Waals surface area contributed by atoms with E-state index in [-0.39, 0.29) is 12.1 Å². The molecule has 8 heteroatoms. The zero-order valence-electron chi connectivity index (χ0n) is 14.5. The Morgan fingerprint density at radius 3 is 2.54 bits per heavy atom. The molecule has 0 atom stereocenters. The van der Waals surface area contributed by atoms with Gasteiger partial charge >= 0.3 is 6.03 Å². The second-order valence-corrected chi connectivity index (χ2v) is 7.31. The van der Waals surface area contributed by atoms with E-state index in [1.807, 2.05) is 41.1 Å². The third-order valence-corrected chi connectivity index (χ3v) is 4.98. The number of furan rings is 1. The molecule has 1 saturated heterocycles. The fraction of sp³-hybridized carbons (Fsp3) is 0.0500. The van der Waals surface area contributed by atoms with Crippen LogP contribution in [0.4, 0.5) is 4.79 Å². The molecule has 0 bridgehead atoms. The maximum Gasteiger partial charge on any atom is 0.331 e. The van der Waals surface area contributed by atoms with Crippen LogP contribution in [0, 0.1) is 3.57 Å². The van der Waals surface area contributed by atoms with Gasteiger partial charge in [-0.1, -0.05) is 0 Å². The number of rotatable bonds is 4. The molecule has 28 heavy (non-hydrogen) atoms. The van der Waals surface area contributed by atoms with Crippen molar-refractivity contribution < 1.29 is 18.8 Å². The summed E-state index contributed by atoms with van der Waals surface area (Å²) in [5.74, 6) is -0.943. The minimum Gasteiger partial charge on any atom is -0.467 e. The zero-order chi connectivity index (χ0) is 19.7. The molecule has 3 heterocycles. The SMILES string of the molecule is O=C1NC(=O)N(Cc2ccco2)C(=O)/C1=C/c1cccn1-c1ccc(I)cc1. The number of nitrogens with zero attached hydrogens (tertiary/aromatic N) is 2.